The van der Waals surface area contributed by atoms with Crippen LogP contribution in [0.15, 0.2) is 59.5 Å². The van der Waals surface area contributed by atoms with Gasteiger partial charge in [0.1, 0.15) is 10.1 Å². The largest absolute Gasteiger partial charge is 0.466 e. The first-order chi connectivity index (χ1) is 16.5. The van der Waals surface area contributed by atoms with Crippen molar-refractivity contribution in [1.82, 2.24) is 10.2 Å². The van der Waals surface area contributed by atoms with Crippen LogP contribution in [0.25, 0.3) is 6.08 Å². The van der Waals surface area contributed by atoms with Gasteiger partial charge in [0, 0.05) is 6.42 Å². The summed E-state index contributed by atoms with van der Waals surface area (Å²) < 4.78 is 4.39. The van der Waals surface area contributed by atoms with E-state index < -0.39 is 10.0 Å². The second kappa shape index (κ2) is 12.0. The molecule has 0 radical (unpaired) electrons. The number of hydrogen-bond acceptors (Lipinski definition) is 5. The van der Waals surface area contributed by atoms with Gasteiger partial charge in [-0.1, -0.05) is 115 Å². The molecule has 5 nitrogen and oxygen atoms in total. The fourth-order valence-corrected chi connectivity index (χ4v) is 5.09. The molecule has 1 saturated heterocycles. The van der Waals surface area contributed by atoms with Gasteiger partial charge in [0.25, 0.3) is 5.91 Å². The van der Waals surface area contributed by atoms with Crippen LogP contribution < -0.4 is 10.1 Å². The third kappa shape index (κ3) is 7.61. The molecule has 0 bridgehead atoms. The highest BCUT2D eigenvalue weighted by molar-refractivity contribution is 8.26. The zero-order chi connectivity index (χ0) is 25.8. The highest BCUT2D eigenvalue weighted by Crippen LogP contribution is 2.38. The molecule has 3 rings (SSSR count). The molecule has 0 unspecified atom stereocenters. The lowest BCUT2D eigenvalue weighted by molar-refractivity contribution is -0.124. The fourth-order valence-electron chi connectivity index (χ4n) is 3.38. The van der Waals surface area contributed by atoms with Crippen LogP contribution >= 0.6 is 58.8 Å². The van der Waals surface area contributed by atoms with Crippen LogP contribution in [-0.2, 0) is 9.59 Å². The molecule has 2 atom stereocenters. The van der Waals surface area contributed by atoms with Gasteiger partial charge in [-0.15, -0.1) is 0 Å². The second-order valence-corrected chi connectivity index (χ2v) is 12.5. The monoisotopic (exact) mass is 570 g/mol. The number of nitrogens with zero attached hydrogens (tertiary/aromatic N) is 1. The highest BCUT2D eigenvalue weighted by atomic mass is 35.6. The predicted molar refractivity (Wildman–Crippen MR) is 149 cm³/mol. The molecule has 186 valence electrons. The number of carbonyl (C=O) groups is 2. The van der Waals surface area contributed by atoms with Gasteiger partial charge in [0.2, 0.25) is 15.9 Å². The van der Waals surface area contributed by atoms with Crippen molar-refractivity contribution in [3.8, 4) is 5.75 Å². The number of alkyl halides is 3. The maximum atomic E-state index is 13.1. The van der Waals surface area contributed by atoms with Crippen molar-refractivity contribution in [2.45, 2.75) is 43.3 Å². The number of rotatable bonds is 8. The van der Waals surface area contributed by atoms with E-state index in [4.69, 9.17) is 51.8 Å². The average molecular weight is 572 g/mol. The van der Waals surface area contributed by atoms with E-state index in [0.717, 1.165) is 11.1 Å². The number of thiocarbonyl (C=S) groups is 1. The van der Waals surface area contributed by atoms with Gasteiger partial charge in [-0.05, 0) is 42.2 Å². The summed E-state index contributed by atoms with van der Waals surface area (Å²) in [5.74, 6) is 0.128. The molecule has 2 amide bonds. The van der Waals surface area contributed by atoms with Crippen LogP contribution in [0.4, 0.5) is 0 Å². The van der Waals surface area contributed by atoms with Gasteiger partial charge in [-0.2, -0.15) is 0 Å². The molecule has 1 N–H and O–H groups in total. The Morgan fingerprint density at radius 1 is 1.11 bits per heavy atom. The normalized spacial score (nSPS) is 17.1. The summed E-state index contributed by atoms with van der Waals surface area (Å²) in [6.45, 7) is 5.79. The van der Waals surface area contributed by atoms with Crippen molar-refractivity contribution >= 4 is 81.0 Å². The van der Waals surface area contributed by atoms with E-state index in [1.54, 1.807) is 35.2 Å². The highest BCUT2D eigenvalue weighted by Gasteiger charge is 2.37. The second-order valence-electron chi connectivity index (χ2n) is 8.41. The van der Waals surface area contributed by atoms with Gasteiger partial charge in [0.05, 0.1) is 10.9 Å². The molecule has 0 aliphatic carbocycles. The van der Waals surface area contributed by atoms with Crippen molar-refractivity contribution in [2.24, 2.45) is 5.92 Å². The lowest BCUT2D eigenvalue weighted by atomic mass is 10.1. The van der Waals surface area contributed by atoms with Gasteiger partial charge in [-0.3, -0.25) is 14.5 Å². The van der Waals surface area contributed by atoms with E-state index in [1.807, 2.05) is 51.1 Å². The summed E-state index contributed by atoms with van der Waals surface area (Å²) in [6, 6.07) is 16.5. The van der Waals surface area contributed by atoms with Gasteiger partial charge < -0.3 is 10.1 Å². The Hall–Kier alpha value is -1.77. The Morgan fingerprint density at radius 2 is 1.74 bits per heavy atom. The standard InChI is InChI=1S/C25H25Cl3N2O3S2/c1-15(2)13-21(31)29-23(25(26,27)28)33-19-11-9-17(10-12-19)14-20-22(32)30(24(34)35-20)16(3)18-7-5-4-6-8-18/h4-12,14-16,23H,13H2,1-3H3,(H,29,31)/b20-14-/t16-,23+/m1/s1. The van der Waals surface area contributed by atoms with Gasteiger partial charge in [-0.25, -0.2) is 0 Å². The molecule has 0 spiro atoms. The number of halogens is 3. The van der Waals surface area contributed by atoms with E-state index in [2.05, 4.69) is 5.32 Å². The molecule has 1 heterocycles. The van der Waals surface area contributed by atoms with E-state index >= 15 is 0 Å². The summed E-state index contributed by atoms with van der Waals surface area (Å²) in [6.07, 6.45) is 0.887. The maximum Gasteiger partial charge on any atom is 0.266 e. The summed E-state index contributed by atoms with van der Waals surface area (Å²) in [5.41, 5.74) is 1.79. The Labute approximate surface area is 230 Å². The van der Waals surface area contributed by atoms with Crippen molar-refractivity contribution in [2.75, 3.05) is 0 Å². The van der Waals surface area contributed by atoms with Crippen LogP contribution in [0.2, 0.25) is 0 Å². The summed E-state index contributed by atoms with van der Waals surface area (Å²) in [4.78, 5) is 27.4. The van der Waals surface area contributed by atoms with Crippen LogP contribution in [0, 0.1) is 5.92 Å². The molecule has 0 saturated carbocycles. The number of benzene rings is 2. The number of thioether (sulfide) groups is 1. The van der Waals surface area contributed by atoms with Gasteiger partial charge >= 0.3 is 0 Å². The third-order valence-corrected chi connectivity index (χ3v) is 7.03. The Balaban J connectivity index is 1.71. The maximum absolute atomic E-state index is 13.1. The molecule has 1 fully saturated rings. The van der Waals surface area contributed by atoms with Crippen molar-refractivity contribution in [3.05, 3.63) is 70.6 Å². The average Bonchev–Trinajstić information content (AvgIpc) is 3.06. The van der Waals surface area contributed by atoms with Crippen LogP contribution in [-0.4, -0.2) is 31.1 Å². The lowest BCUT2D eigenvalue weighted by Crippen LogP contribution is -2.48. The van der Waals surface area contributed by atoms with Crippen molar-refractivity contribution < 1.29 is 14.3 Å². The fraction of sp³-hybridized carbons (Fsp3) is 0.320. The molecule has 35 heavy (non-hydrogen) atoms. The first-order valence-corrected chi connectivity index (χ1v) is 13.3. The summed E-state index contributed by atoms with van der Waals surface area (Å²) in [7, 11) is 0. The predicted octanol–water partition coefficient (Wildman–Crippen LogP) is 6.89. The molecular weight excluding hydrogens is 547 g/mol. The van der Waals surface area contributed by atoms with E-state index in [0.29, 0.717) is 15.0 Å². The van der Waals surface area contributed by atoms with E-state index in [9.17, 15) is 9.59 Å². The Kier molecular flexibility index (Phi) is 9.52. The van der Waals surface area contributed by atoms with Crippen LogP contribution in [0.5, 0.6) is 5.75 Å². The molecule has 10 heteroatoms. The molecule has 2 aromatic carbocycles. The zero-order valence-corrected chi connectivity index (χ0v) is 23.2. The van der Waals surface area contributed by atoms with Crippen LogP contribution in [0.3, 0.4) is 0 Å². The zero-order valence-electron chi connectivity index (χ0n) is 19.3. The van der Waals surface area contributed by atoms with E-state index in [1.165, 1.54) is 11.8 Å². The van der Waals surface area contributed by atoms with Crippen molar-refractivity contribution in [1.29, 1.82) is 0 Å². The SMILES string of the molecule is CC(C)CC(=O)N[C@@H](Oc1ccc(/C=C2\SC(=S)N([C@H](C)c3ccccc3)C2=O)cc1)C(Cl)(Cl)Cl. The number of amides is 2. The molecular formula is C25H25Cl3N2O3S2. The smallest absolute Gasteiger partial charge is 0.266 e. The molecule has 1 aliphatic heterocycles. The number of ether oxygens (including phenoxy) is 1. The Bertz CT molecular complexity index is 1100. The first-order valence-electron chi connectivity index (χ1n) is 10.9. The minimum absolute atomic E-state index is 0.138. The molecule has 0 aromatic heterocycles. The lowest BCUT2D eigenvalue weighted by Gasteiger charge is -2.26. The molecule has 2 aromatic rings. The quantitative estimate of drug-likeness (QED) is 0.162. The van der Waals surface area contributed by atoms with Crippen molar-refractivity contribution in [3.63, 3.8) is 0 Å². The van der Waals surface area contributed by atoms with E-state index in [-0.39, 0.29) is 30.2 Å². The number of carbonyl (C=O) groups excluding carboxylic acids is 2. The van der Waals surface area contributed by atoms with Crippen LogP contribution in [0.1, 0.15) is 44.4 Å². The number of hydrogen-bond donors (Lipinski definition) is 1. The number of nitrogens with one attached hydrogen (secondary N) is 1. The topological polar surface area (TPSA) is 58.6 Å². The molecule has 1 aliphatic rings. The Morgan fingerprint density at radius 3 is 2.31 bits per heavy atom. The first kappa shape index (κ1) is 27.8. The third-order valence-electron chi connectivity index (χ3n) is 5.11. The summed E-state index contributed by atoms with van der Waals surface area (Å²) in [5, 5.41) is 2.61. The van der Waals surface area contributed by atoms with Gasteiger partial charge in [0.15, 0.2) is 0 Å². The minimum Gasteiger partial charge on any atom is -0.466 e. The minimum atomic E-state index is -1.87. The summed E-state index contributed by atoms with van der Waals surface area (Å²) >= 11 is 24.8.